The van der Waals surface area contributed by atoms with Gasteiger partial charge >= 0.3 is 0 Å². The molecule has 4 aromatic rings. The van der Waals surface area contributed by atoms with E-state index in [1.807, 2.05) is 42.5 Å². The highest BCUT2D eigenvalue weighted by Crippen LogP contribution is 2.24. The van der Waals surface area contributed by atoms with Gasteiger partial charge in [0.05, 0.1) is 5.75 Å². The Hall–Kier alpha value is -2.87. The number of hydrogen-bond donors (Lipinski definition) is 1. The molecule has 0 amide bonds. The molecule has 4 rings (SSSR count). The lowest BCUT2D eigenvalue weighted by Gasteiger charge is -2.01. The number of para-hydroxylation sites is 2. The summed E-state index contributed by atoms with van der Waals surface area (Å²) in [5, 5.41) is 8.77. The predicted octanol–water partition coefficient (Wildman–Crippen LogP) is 2.49. The van der Waals surface area contributed by atoms with Gasteiger partial charge in [-0.2, -0.15) is 0 Å². The van der Waals surface area contributed by atoms with Crippen molar-refractivity contribution in [3.8, 4) is 11.5 Å². The van der Waals surface area contributed by atoms with E-state index in [1.54, 1.807) is 6.20 Å². The number of thioether (sulfide) groups is 1. The molecular weight excluding hydrogens is 312 g/mol. The summed E-state index contributed by atoms with van der Waals surface area (Å²) in [7, 11) is 0. The molecule has 1 aromatic carbocycles. The van der Waals surface area contributed by atoms with Gasteiger partial charge in [0.25, 0.3) is 0 Å². The molecule has 114 valence electrons. The summed E-state index contributed by atoms with van der Waals surface area (Å²) in [6.45, 7) is 0. The summed E-state index contributed by atoms with van der Waals surface area (Å²) in [6, 6.07) is 13.2. The van der Waals surface area contributed by atoms with Gasteiger partial charge in [0.15, 0.2) is 5.58 Å². The Morgan fingerprint density at radius 2 is 1.96 bits per heavy atom. The van der Waals surface area contributed by atoms with Crippen LogP contribution in [0.2, 0.25) is 0 Å². The van der Waals surface area contributed by atoms with Crippen LogP contribution in [-0.4, -0.2) is 24.8 Å². The van der Waals surface area contributed by atoms with Crippen molar-refractivity contribution in [1.29, 1.82) is 0 Å². The third kappa shape index (κ3) is 2.64. The smallest absolute Gasteiger partial charge is 0.210 e. The molecule has 3 heterocycles. The van der Waals surface area contributed by atoms with Crippen LogP contribution in [0.15, 0.2) is 58.2 Å². The second kappa shape index (κ2) is 5.73. The molecule has 0 spiro atoms. The molecule has 8 heteroatoms. The van der Waals surface area contributed by atoms with E-state index in [2.05, 4.69) is 20.2 Å². The van der Waals surface area contributed by atoms with Gasteiger partial charge in [-0.15, -0.1) is 10.2 Å². The number of nitrogen functional groups attached to an aromatic ring is 1. The van der Waals surface area contributed by atoms with Crippen LogP contribution in [0.4, 0.5) is 0 Å². The van der Waals surface area contributed by atoms with E-state index in [9.17, 15) is 0 Å². The Morgan fingerprint density at radius 3 is 2.78 bits per heavy atom. The fourth-order valence-electron chi connectivity index (χ4n) is 2.15. The van der Waals surface area contributed by atoms with Crippen LogP contribution in [0.1, 0.15) is 5.89 Å². The van der Waals surface area contributed by atoms with E-state index in [0.29, 0.717) is 28.3 Å². The van der Waals surface area contributed by atoms with Crippen molar-refractivity contribution in [2.45, 2.75) is 10.9 Å². The van der Waals surface area contributed by atoms with Gasteiger partial charge in [-0.1, -0.05) is 30.0 Å². The lowest BCUT2D eigenvalue weighted by molar-refractivity contribution is 0.556. The summed E-state index contributed by atoms with van der Waals surface area (Å²) in [5.74, 6) is 7.72. The van der Waals surface area contributed by atoms with E-state index in [0.717, 1.165) is 11.1 Å². The fraction of sp³-hybridized carbons (Fsp3) is 0.0667. The Bertz CT molecular complexity index is 916. The topological polar surface area (TPSA) is 95.7 Å². The van der Waals surface area contributed by atoms with E-state index >= 15 is 0 Å². The molecule has 0 atom stereocenters. The van der Waals surface area contributed by atoms with Crippen LogP contribution in [0.5, 0.6) is 0 Å². The SMILES string of the molecule is Nn1c(SCc2nc3ccccc3o2)nnc1-c1ccccn1. The zero-order valence-corrected chi connectivity index (χ0v) is 12.8. The number of benzene rings is 1. The number of oxazole rings is 1. The fourth-order valence-corrected chi connectivity index (χ4v) is 2.85. The lowest BCUT2D eigenvalue weighted by Crippen LogP contribution is -2.12. The van der Waals surface area contributed by atoms with Crippen LogP contribution in [-0.2, 0) is 5.75 Å². The Balaban J connectivity index is 1.54. The van der Waals surface area contributed by atoms with Gasteiger partial charge in [-0.05, 0) is 24.3 Å². The number of nitrogens with zero attached hydrogens (tertiary/aromatic N) is 5. The Kier molecular flexibility index (Phi) is 3.43. The molecule has 0 aliphatic rings. The van der Waals surface area contributed by atoms with Crippen molar-refractivity contribution >= 4 is 22.9 Å². The maximum atomic E-state index is 6.05. The molecule has 0 aliphatic heterocycles. The minimum Gasteiger partial charge on any atom is -0.440 e. The number of fused-ring (bicyclic) bond motifs is 1. The minimum absolute atomic E-state index is 0.519. The molecule has 3 aromatic heterocycles. The van der Waals surface area contributed by atoms with Gasteiger partial charge in [0.1, 0.15) is 11.2 Å². The summed E-state index contributed by atoms with van der Waals surface area (Å²) in [5.41, 5.74) is 2.29. The monoisotopic (exact) mass is 324 g/mol. The van der Waals surface area contributed by atoms with Crippen molar-refractivity contribution in [3.63, 3.8) is 0 Å². The first-order chi connectivity index (χ1) is 11.3. The molecule has 0 bridgehead atoms. The zero-order valence-electron chi connectivity index (χ0n) is 12.0. The molecule has 0 radical (unpaired) electrons. The first-order valence-corrected chi connectivity index (χ1v) is 7.89. The standard InChI is InChI=1S/C15H12N6OS/c16-21-14(11-6-3-4-8-17-11)19-20-15(21)23-9-13-18-10-5-1-2-7-12(10)22-13/h1-8H,9,16H2. The molecule has 0 fully saturated rings. The quantitative estimate of drug-likeness (QED) is 0.455. The Morgan fingerprint density at radius 1 is 1.09 bits per heavy atom. The highest BCUT2D eigenvalue weighted by atomic mass is 32.2. The maximum absolute atomic E-state index is 6.05. The van der Waals surface area contributed by atoms with Crippen LogP contribution in [0, 0.1) is 0 Å². The first kappa shape index (κ1) is 13.8. The van der Waals surface area contributed by atoms with E-state index in [1.165, 1.54) is 16.4 Å². The number of rotatable bonds is 4. The van der Waals surface area contributed by atoms with Crippen molar-refractivity contribution in [2.75, 3.05) is 5.84 Å². The second-order valence-corrected chi connectivity index (χ2v) is 5.70. The molecule has 0 saturated heterocycles. The third-order valence-corrected chi connectivity index (χ3v) is 4.15. The number of aromatic nitrogens is 5. The molecule has 0 aliphatic carbocycles. The van der Waals surface area contributed by atoms with Crippen molar-refractivity contribution < 1.29 is 4.42 Å². The minimum atomic E-state index is 0.519. The second-order valence-electron chi connectivity index (χ2n) is 4.76. The van der Waals surface area contributed by atoms with E-state index in [4.69, 9.17) is 10.3 Å². The molecule has 2 N–H and O–H groups in total. The molecule has 7 nitrogen and oxygen atoms in total. The number of hydrogen-bond acceptors (Lipinski definition) is 7. The van der Waals surface area contributed by atoms with Gasteiger partial charge in [0, 0.05) is 6.20 Å². The van der Waals surface area contributed by atoms with Crippen molar-refractivity contribution in [1.82, 2.24) is 24.8 Å². The highest BCUT2D eigenvalue weighted by Gasteiger charge is 2.14. The lowest BCUT2D eigenvalue weighted by atomic mass is 10.3. The van der Waals surface area contributed by atoms with Gasteiger partial charge in [-0.3, -0.25) is 4.98 Å². The van der Waals surface area contributed by atoms with Gasteiger partial charge in [-0.25, -0.2) is 9.66 Å². The summed E-state index contributed by atoms with van der Waals surface area (Å²) >= 11 is 1.41. The number of pyridine rings is 1. The van der Waals surface area contributed by atoms with Gasteiger partial charge in [0.2, 0.25) is 16.9 Å². The summed E-state index contributed by atoms with van der Waals surface area (Å²) in [6.07, 6.45) is 1.69. The molecule has 0 saturated carbocycles. The molecule has 23 heavy (non-hydrogen) atoms. The summed E-state index contributed by atoms with van der Waals surface area (Å²) in [4.78, 5) is 8.65. The zero-order chi connectivity index (χ0) is 15.6. The normalized spacial score (nSPS) is 11.1. The highest BCUT2D eigenvalue weighted by molar-refractivity contribution is 7.98. The molecule has 0 unspecified atom stereocenters. The summed E-state index contributed by atoms with van der Waals surface area (Å²) < 4.78 is 7.10. The number of nitrogens with two attached hydrogens (primary N) is 1. The van der Waals surface area contributed by atoms with Crippen LogP contribution in [0.3, 0.4) is 0 Å². The first-order valence-electron chi connectivity index (χ1n) is 6.90. The van der Waals surface area contributed by atoms with Crippen LogP contribution >= 0.6 is 11.8 Å². The maximum Gasteiger partial charge on any atom is 0.210 e. The van der Waals surface area contributed by atoms with E-state index in [-0.39, 0.29) is 0 Å². The van der Waals surface area contributed by atoms with Crippen molar-refractivity contribution in [2.24, 2.45) is 0 Å². The van der Waals surface area contributed by atoms with Gasteiger partial charge < -0.3 is 10.3 Å². The van der Waals surface area contributed by atoms with Crippen LogP contribution in [0.25, 0.3) is 22.6 Å². The Labute approximate surface area is 135 Å². The molecular formula is C15H12N6OS. The average molecular weight is 324 g/mol. The third-order valence-electron chi connectivity index (χ3n) is 3.22. The van der Waals surface area contributed by atoms with E-state index < -0.39 is 0 Å². The predicted molar refractivity (Wildman–Crippen MR) is 87.0 cm³/mol. The largest absolute Gasteiger partial charge is 0.440 e. The average Bonchev–Trinajstić information content (AvgIpc) is 3.17. The van der Waals surface area contributed by atoms with Crippen LogP contribution < -0.4 is 5.84 Å². The van der Waals surface area contributed by atoms with Crippen molar-refractivity contribution in [3.05, 3.63) is 54.6 Å².